The van der Waals surface area contributed by atoms with E-state index in [-0.39, 0.29) is 16.9 Å². The molecular formula is C18H14N4O2. The zero-order valence-corrected chi connectivity index (χ0v) is 12.9. The summed E-state index contributed by atoms with van der Waals surface area (Å²) in [5.74, 6) is 0. The standard InChI is InChI=1S/C18H14N4O2/c19-9-15-13-6-1-2-7-14(13)17(16(10-20)18(15)21)11-4-3-5-12(8-11)22(23)24/h3-5,8H,1-2,6-7,21H2. The minimum atomic E-state index is -0.463. The third kappa shape index (κ3) is 2.35. The Bertz CT molecular complexity index is 936. The van der Waals surface area contributed by atoms with Crippen molar-refractivity contribution in [3.05, 3.63) is 56.6 Å². The van der Waals surface area contributed by atoms with E-state index in [1.54, 1.807) is 12.1 Å². The molecule has 0 amide bonds. The van der Waals surface area contributed by atoms with Crippen LogP contribution < -0.4 is 5.73 Å². The zero-order chi connectivity index (χ0) is 17.3. The van der Waals surface area contributed by atoms with Crippen LogP contribution in [0.15, 0.2) is 24.3 Å². The maximum absolute atomic E-state index is 11.1. The van der Waals surface area contributed by atoms with Crippen molar-refractivity contribution in [1.29, 1.82) is 10.5 Å². The first-order valence-corrected chi connectivity index (χ1v) is 7.60. The lowest BCUT2D eigenvalue weighted by Crippen LogP contribution is -2.12. The van der Waals surface area contributed by atoms with Crippen LogP contribution >= 0.6 is 0 Å². The van der Waals surface area contributed by atoms with Gasteiger partial charge in [0.05, 0.1) is 21.7 Å². The quantitative estimate of drug-likeness (QED) is 0.517. The minimum Gasteiger partial charge on any atom is -0.397 e. The van der Waals surface area contributed by atoms with Crippen LogP contribution in [0.4, 0.5) is 11.4 Å². The summed E-state index contributed by atoms with van der Waals surface area (Å²) in [6.45, 7) is 0. The second-order valence-electron chi connectivity index (χ2n) is 5.73. The van der Waals surface area contributed by atoms with E-state index in [4.69, 9.17) is 5.73 Å². The fourth-order valence-electron chi connectivity index (χ4n) is 3.37. The first kappa shape index (κ1) is 15.5. The Morgan fingerprint density at radius 3 is 2.38 bits per heavy atom. The van der Waals surface area contributed by atoms with E-state index in [0.717, 1.165) is 36.8 Å². The molecule has 0 saturated heterocycles. The number of anilines is 1. The highest BCUT2D eigenvalue weighted by Crippen LogP contribution is 2.40. The van der Waals surface area contributed by atoms with Gasteiger partial charge in [-0.3, -0.25) is 10.1 Å². The summed E-state index contributed by atoms with van der Waals surface area (Å²) >= 11 is 0. The molecule has 0 unspecified atom stereocenters. The lowest BCUT2D eigenvalue weighted by Gasteiger charge is -2.23. The average Bonchev–Trinajstić information content (AvgIpc) is 2.60. The molecule has 2 N–H and O–H groups in total. The summed E-state index contributed by atoms with van der Waals surface area (Å²) in [5, 5.41) is 30.1. The number of non-ortho nitro benzene ring substituents is 1. The molecule has 2 aromatic carbocycles. The smallest absolute Gasteiger partial charge is 0.270 e. The van der Waals surface area contributed by atoms with Crippen LogP contribution in [0.1, 0.15) is 35.1 Å². The van der Waals surface area contributed by atoms with Crippen LogP contribution in [0.2, 0.25) is 0 Å². The SMILES string of the molecule is N#Cc1c(N)c(C#N)c(-c2cccc([N+](=O)[O-])c2)c2c1CCCC2. The Morgan fingerprint density at radius 2 is 1.75 bits per heavy atom. The van der Waals surface area contributed by atoms with E-state index >= 15 is 0 Å². The molecule has 2 aromatic rings. The lowest BCUT2D eigenvalue weighted by atomic mass is 9.80. The molecule has 0 aliphatic heterocycles. The largest absolute Gasteiger partial charge is 0.397 e. The van der Waals surface area contributed by atoms with E-state index in [2.05, 4.69) is 12.1 Å². The third-order valence-electron chi connectivity index (χ3n) is 4.43. The predicted molar refractivity (Wildman–Crippen MR) is 89.0 cm³/mol. The Labute approximate surface area is 138 Å². The van der Waals surface area contributed by atoms with Gasteiger partial charge in [-0.05, 0) is 42.4 Å². The molecule has 24 heavy (non-hydrogen) atoms. The summed E-state index contributed by atoms with van der Waals surface area (Å²) in [6, 6.07) is 10.4. The van der Waals surface area contributed by atoms with Crippen LogP contribution in [-0.2, 0) is 12.8 Å². The maximum Gasteiger partial charge on any atom is 0.270 e. The Balaban J connectivity index is 2.38. The molecule has 6 nitrogen and oxygen atoms in total. The van der Waals surface area contributed by atoms with Gasteiger partial charge in [0.15, 0.2) is 0 Å². The molecule has 0 atom stereocenters. The molecule has 0 saturated carbocycles. The van der Waals surface area contributed by atoms with Crippen LogP contribution in [0.25, 0.3) is 11.1 Å². The van der Waals surface area contributed by atoms with E-state index in [1.165, 1.54) is 12.1 Å². The number of fused-ring (bicyclic) bond motifs is 1. The lowest BCUT2D eigenvalue weighted by molar-refractivity contribution is -0.384. The van der Waals surface area contributed by atoms with Gasteiger partial charge < -0.3 is 5.73 Å². The topological polar surface area (TPSA) is 117 Å². The van der Waals surface area contributed by atoms with Crippen molar-refractivity contribution in [3.63, 3.8) is 0 Å². The van der Waals surface area contributed by atoms with Crippen molar-refractivity contribution in [2.75, 3.05) is 5.73 Å². The molecule has 0 spiro atoms. The van der Waals surface area contributed by atoms with Gasteiger partial charge in [0.2, 0.25) is 0 Å². The highest BCUT2D eigenvalue weighted by molar-refractivity contribution is 5.85. The van der Waals surface area contributed by atoms with Gasteiger partial charge in [0, 0.05) is 17.7 Å². The fraction of sp³-hybridized carbons (Fsp3) is 0.222. The number of nitro groups is 1. The Hall–Kier alpha value is -3.38. The summed E-state index contributed by atoms with van der Waals surface area (Å²) in [7, 11) is 0. The second kappa shape index (κ2) is 6.02. The highest BCUT2D eigenvalue weighted by atomic mass is 16.6. The Kier molecular flexibility index (Phi) is 3.89. The van der Waals surface area contributed by atoms with E-state index in [9.17, 15) is 20.6 Å². The third-order valence-corrected chi connectivity index (χ3v) is 4.43. The molecule has 1 aliphatic rings. The molecule has 0 heterocycles. The number of rotatable bonds is 2. The monoisotopic (exact) mass is 318 g/mol. The van der Waals surface area contributed by atoms with Gasteiger partial charge >= 0.3 is 0 Å². The number of hydrogen-bond acceptors (Lipinski definition) is 5. The van der Waals surface area contributed by atoms with Crippen LogP contribution in [0, 0.1) is 32.8 Å². The van der Waals surface area contributed by atoms with Gasteiger partial charge in [0.1, 0.15) is 12.1 Å². The molecule has 0 fully saturated rings. The summed E-state index contributed by atoms with van der Waals surface area (Å²) in [4.78, 5) is 10.6. The van der Waals surface area contributed by atoms with Crippen molar-refractivity contribution in [1.82, 2.24) is 0 Å². The van der Waals surface area contributed by atoms with E-state index < -0.39 is 4.92 Å². The van der Waals surface area contributed by atoms with Crippen molar-refractivity contribution >= 4 is 11.4 Å². The molecular weight excluding hydrogens is 304 g/mol. The molecule has 0 radical (unpaired) electrons. The van der Waals surface area contributed by atoms with Crippen LogP contribution in [0.3, 0.4) is 0 Å². The molecule has 0 aromatic heterocycles. The first-order valence-electron chi connectivity index (χ1n) is 7.60. The van der Waals surface area contributed by atoms with Crippen molar-refractivity contribution in [3.8, 4) is 23.3 Å². The molecule has 1 aliphatic carbocycles. The zero-order valence-electron chi connectivity index (χ0n) is 12.9. The predicted octanol–water partition coefficient (Wildman–Crippen LogP) is 3.47. The number of nitrogens with two attached hydrogens (primary N) is 1. The molecule has 6 heteroatoms. The summed E-state index contributed by atoms with van der Waals surface area (Å²) < 4.78 is 0. The molecule has 0 bridgehead atoms. The number of benzene rings is 2. The van der Waals surface area contributed by atoms with E-state index in [1.807, 2.05) is 0 Å². The van der Waals surface area contributed by atoms with Crippen molar-refractivity contribution in [2.45, 2.75) is 25.7 Å². The average molecular weight is 318 g/mol. The van der Waals surface area contributed by atoms with Crippen molar-refractivity contribution in [2.24, 2.45) is 0 Å². The van der Waals surface area contributed by atoms with Gasteiger partial charge in [-0.1, -0.05) is 12.1 Å². The van der Waals surface area contributed by atoms with Crippen LogP contribution in [0.5, 0.6) is 0 Å². The molecule has 118 valence electrons. The van der Waals surface area contributed by atoms with Gasteiger partial charge in [-0.25, -0.2) is 0 Å². The fourth-order valence-corrected chi connectivity index (χ4v) is 3.37. The summed E-state index contributed by atoms with van der Waals surface area (Å²) in [5.41, 5.74) is 9.84. The number of nitrogens with zero attached hydrogens (tertiary/aromatic N) is 3. The first-order chi connectivity index (χ1) is 11.6. The molecule has 3 rings (SSSR count). The van der Waals surface area contributed by atoms with Crippen molar-refractivity contribution < 1.29 is 4.92 Å². The van der Waals surface area contributed by atoms with Crippen LogP contribution in [-0.4, -0.2) is 4.92 Å². The number of hydrogen-bond donors (Lipinski definition) is 1. The van der Waals surface area contributed by atoms with Gasteiger partial charge in [-0.15, -0.1) is 0 Å². The minimum absolute atomic E-state index is 0.0381. The number of nitro benzene ring substituents is 1. The normalized spacial score (nSPS) is 12.8. The highest BCUT2D eigenvalue weighted by Gasteiger charge is 2.25. The Morgan fingerprint density at radius 1 is 1.08 bits per heavy atom. The number of nitrogen functional groups attached to an aromatic ring is 1. The van der Waals surface area contributed by atoms with Gasteiger partial charge in [0.25, 0.3) is 5.69 Å². The number of nitriles is 2. The summed E-state index contributed by atoms with van der Waals surface area (Å²) in [6.07, 6.45) is 3.38. The second-order valence-corrected chi connectivity index (χ2v) is 5.73. The maximum atomic E-state index is 11.1. The van der Waals surface area contributed by atoms with Gasteiger partial charge in [-0.2, -0.15) is 10.5 Å². The van der Waals surface area contributed by atoms with E-state index in [0.29, 0.717) is 16.7 Å².